The number of nitrogens with one attached hydrogen (secondary N) is 1. The minimum absolute atomic E-state index is 0.412. The molecule has 1 amide bonds. The normalized spacial score (nSPS) is 14.5. The van der Waals surface area contributed by atoms with Crippen LogP contribution in [-0.2, 0) is 9.59 Å². The van der Waals surface area contributed by atoms with Crippen LogP contribution < -0.4 is 11.1 Å². The lowest BCUT2D eigenvalue weighted by Crippen LogP contribution is -2.47. The number of carboxylic acids is 1. The highest BCUT2D eigenvalue weighted by molar-refractivity contribution is 7.98. The van der Waals surface area contributed by atoms with Crippen molar-refractivity contribution >= 4 is 23.6 Å². The summed E-state index contributed by atoms with van der Waals surface area (Å²) in [6, 6.07) is -1.51. The second kappa shape index (κ2) is 6.67. The molecule has 14 heavy (non-hydrogen) atoms. The van der Waals surface area contributed by atoms with E-state index in [0.717, 1.165) is 0 Å². The van der Waals surface area contributed by atoms with Gasteiger partial charge in [0.25, 0.3) is 0 Å². The molecule has 0 saturated carbocycles. The first-order valence-corrected chi connectivity index (χ1v) is 5.66. The molecule has 0 spiro atoms. The van der Waals surface area contributed by atoms with Crippen molar-refractivity contribution in [2.24, 2.45) is 5.73 Å². The van der Waals surface area contributed by atoms with Gasteiger partial charge in [0, 0.05) is 0 Å². The fourth-order valence-electron chi connectivity index (χ4n) is 0.796. The Balaban J connectivity index is 4.09. The van der Waals surface area contributed by atoms with E-state index >= 15 is 0 Å². The second-order valence-electron chi connectivity index (χ2n) is 2.97. The summed E-state index contributed by atoms with van der Waals surface area (Å²) in [5.41, 5.74) is 5.30. The summed E-state index contributed by atoms with van der Waals surface area (Å²) < 4.78 is 0. The van der Waals surface area contributed by atoms with Crippen molar-refractivity contribution in [1.82, 2.24) is 5.32 Å². The number of carbonyl (C=O) groups is 2. The minimum atomic E-state index is -1.02. The van der Waals surface area contributed by atoms with Gasteiger partial charge in [-0.15, -0.1) is 0 Å². The molecule has 2 atom stereocenters. The molecule has 0 bridgehead atoms. The van der Waals surface area contributed by atoms with Gasteiger partial charge >= 0.3 is 5.97 Å². The van der Waals surface area contributed by atoms with Crippen molar-refractivity contribution in [2.75, 3.05) is 12.0 Å². The lowest BCUT2D eigenvalue weighted by atomic mass is 10.2. The Bertz CT molecular complexity index is 209. The summed E-state index contributed by atoms with van der Waals surface area (Å²) in [6.07, 6.45) is 2.29. The van der Waals surface area contributed by atoms with E-state index in [1.807, 2.05) is 6.26 Å². The van der Waals surface area contributed by atoms with Crippen LogP contribution in [0, 0.1) is 0 Å². The Hall–Kier alpha value is -0.750. The first-order chi connectivity index (χ1) is 6.49. The van der Waals surface area contributed by atoms with E-state index in [0.29, 0.717) is 12.2 Å². The third-order valence-corrected chi connectivity index (χ3v) is 2.28. The molecule has 0 aliphatic heterocycles. The summed E-state index contributed by atoms with van der Waals surface area (Å²) in [5.74, 6) is -0.762. The summed E-state index contributed by atoms with van der Waals surface area (Å²) in [4.78, 5) is 21.8. The largest absolute Gasteiger partial charge is 0.480 e. The maximum absolute atomic E-state index is 11.1. The zero-order valence-electron chi connectivity index (χ0n) is 8.32. The van der Waals surface area contributed by atoms with Crippen LogP contribution in [0.25, 0.3) is 0 Å². The summed E-state index contributed by atoms with van der Waals surface area (Å²) in [6.45, 7) is 1.52. The van der Waals surface area contributed by atoms with E-state index in [-0.39, 0.29) is 0 Å². The lowest BCUT2D eigenvalue weighted by molar-refractivity contribution is -0.142. The van der Waals surface area contributed by atoms with Crippen LogP contribution >= 0.6 is 11.8 Å². The van der Waals surface area contributed by atoms with E-state index < -0.39 is 24.0 Å². The molecule has 0 aliphatic rings. The van der Waals surface area contributed by atoms with Gasteiger partial charge in [-0.05, 0) is 25.4 Å². The van der Waals surface area contributed by atoms with Gasteiger partial charge in [0.1, 0.15) is 6.04 Å². The number of thioether (sulfide) groups is 1. The zero-order valence-corrected chi connectivity index (χ0v) is 9.13. The van der Waals surface area contributed by atoms with Crippen molar-refractivity contribution in [2.45, 2.75) is 25.4 Å². The predicted molar refractivity (Wildman–Crippen MR) is 56.2 cm³/mol. The number of hydrogen-bond acceptors (Lipinski definition) is 4. The minimum Gasteiger partial charge on any atom is -0.480 e. The highest BCUT2D eigenvalue weighted by Gasteiger charge is 2.20. The van der Waals surface area contributed by atoms with Crippen LogP contribution in [0.1, 0.15) is 13.3 Å². The molecule has 0 aromatic carbocycles. The van der Waals surface area contributed by atoms with Crippen LogP contribution in [0.4, 0.5) is 0 Å². The SMILES string of the molecule is CSCCC(NC(=O)[C@@H](C)N)C(=O)O. The molecule has 1 unspecified atom stereocenters. The third-order valence-electron chi connectivity index (χ3n) is 1.64. The smallest absolute Gasteiger partial charge is 0.326 e. The highest BCUT2D eigenvalue weighted by atomic mass is 32.2. The first kappa shape index (κ1) is 13.2. The zero-order chi connectivity index (χ0) is 11.1. The van der Waals surface area contributed by atoms with Crippen LogP contribution in [0.3, 0.4) is 0 Å². The van der Waals surface area contributed by atoms with E-state index in [9.17, 15) is 9.59 Å². The molecule has 82 valence electrons. The Morgan fingerprint density at radius 2 is 2.14 bits per heavy atom. The Morgan fingerprint density at radius 3 is 2.50 bits per heavy atom. The van der Waals surface area contributed by atoms with E-state index in [2.05, 4.69) is 5.32 Å². The molecule has 0 fully saturated rings. The van der Waals surface area contributed by atoms with E-state index in [4.69, 9.17) is 10.8 Å². The maximum atomic E-state index is 11.1. The Labute approximate surface area is 87.4 Å². The molecular formula is C8H16N2O3S. The van der Waals surface area contributed by atoms with Gasteiger partial charge < -0.3 is 16.2 Å². The lowest BCUT2D eigenvalue weighted by Gasteiger charge is -2.15. The van der Waals surface area contributed by atoms with Crippen molar-refractivity contribution in [3.05, 3.63) is 0 Å². The molecule has 6 heteroatoms. The summed E-state index contributed by atoms with van der Waals surface area (Å²) in [5, 5.41) is 11.1. The topological polar surface area (TPSA) is 92.4 Å². The average Bonchev–Trinajstić information content (AvgIpc) is 2.10. The summed E-state index contributed by atoms with van der Waals surface area (Å²) >= 11 is 1.54. The van der Waals surface area contributed by atoms with Gasteiger partial charge in [-0.25, -0.2) is 4.79 Å². The fourth-order valence-corrected chi connectivity index (χ4v) is 1.27. The van der Waals surface area contributed by atoms with Crippen LogP contribution in [0.15, 0.2) is 0 Å². The molecule has 0 saturated heterocycles. The van der Waals surface area contributed by atoms with Crippen molar-refractivity contribution in [1.29, 1.82) is 0 Å². The van der Waals surface area contributed by atoms with Crippen molar-refractivity contribution in [3.63, 3.8) is 0 Å². The number of hydrogen-bond donors (Lipinski definition) is 3. The molecule has 0 radical (unpaired) electrons. The molecule has 0 aromatic rings. The monoisotopic (exact) mass is 220 g/mol. The summed E-state index contributed by atoms with van der Waals surface area (Å²) in [7, 11) is 0. The molecule has 0 aromatic heterocycles. The molecule has 5 nitrogen and oxygen atoms in total. The van der Waals surface area contributed by atoms with Crippen LogP contribution in [-0.4, -0.2) is 41.1 Å². The van der Waals surface area contributed by atoms with Gasteiger partial charge in [-0.3, -0.25) is 4.79 Å². The second-order valence-corrected chi connectivity index (χ2v) is 3.96. The highest BCUT2D eigenvalue weighted by Crippen LogP contribution is 2.01. The molecular weight excluding hydrogens is 204 g/mol. The standard InChI is InChI=1S/C8H16N2O3S/c1-5(9)7(11)10-6(8(12)13)3-4-14-2/h5-6H,3-4,9H2,1-2H3,(H,10,11)(H,12,13)/t5-,6?/m1/s1. The van der Waals surface area contributed by atoms with Gasteiger partial charge in [0.2, 0.25) is 5.91 Å². The Kier molecular flexibility index (Phi) is 6.31. The predicted octanol–water partition coefficient (Wildman–Crippen LogP) is -0.344. The van der Waals surface area contributed by atoms with E-state index in [1.54, 1.807) is 0 Å². The first-order valence-electron chi connectivity index (χ1n) is 4.26. The molecule has 0 rings (SSSR count). The number of carboxylic acid groups (broad SMARTS) is 1. The molecule has 4 N–H and O–H groups in total. The van der Waals surface area contributed by atoms with Gasteiger partial charge in [0.15, 0.2) is 0 Å². The van der Waals surface area contributed by atoms with Crippen molar-refractivity contribution in [3.8, 4) is 0 Å². The number of rotatable bonds is 6. The fraction of sp³-hybridized carbons (Fsp3) is 0.750. The van der Waals surface area contributed by atoms with Gasteiger partial charge in [-0.1, -0.05) is 0 Å². The Morgan fingerprint density at radius 1 is 1.57 bits per heavy atom. The van der Waals surface area contributed by atoms with Crippen molar-refractivity contribution < 1.29 is 14.7 Å². The quantitative estimate of drug-likeness (QED) is 0.569. The number of aliphatic carboxylic acids is 1. The number of carbonyl (C=O) groups excluding carboxylic acids is 1. The van der Waals surface area contributed by atoms with Gasteiger partial charge in [-0.2, -0.15) is 11.8 Å². The van der Waals surface area contributed by atoms with Crippen LogP contribution in [0.2, 0.25) is 0 Å². The van der Waals surface area contributed by atoms with Gasteiger partial charge in [0.05, 0.1) is 6.04 Å². The number of amides is 1. The molecule has 0 aliphatic carbocycles. The van der Waals surface area contributed by atoms with E-state index in [1.165, 1.54) is 18.7 Å². The third kappa shape index (κ3) is 5.08. The van der Waals surface area contributed by atoms with Crippen LogP contribution in [0.5, 0.6) is 0 Å². The maximum Gasteiger partial charge on any atom is 0.326 e. The number of nitrogens with two attached hydrogens (primary N) is 1. The average molecular weight is 220 g/mol. The molecule has 0 heterocycles.